The second-order valence-corrected chi connectivity index (χ2v) is 8.35. The van der Waals surface area contributed by atoms with Crippen LogP contribution >= 0.6 is 23.2 Å². The van der Waals surface area contributed by atoms with Gasteiger partial charge in [-0.2, -0.15) is 0 Å². The zero-order valence-corrected chi connectivity index (χ0v) is 18.2. The third-order valence-corrected chi connectivity index (χ3v) is 6.08. The maximum absolute atomic E-state index is 12.6. The van der Waals surface area contributed by atoms with E-state index in [-0.39, 0.29) is 24.1 Å². The van der Waals surface area contributed by atoms with Crippen LogP contribution in [0, 0.1) is 12.8 Å². The normalized spacial score (nSPS) is 18.0. The lowest BCUT2D eigenvalue weighted by molar-refractivity contribution is -0.151. The summed E-state index contributed by atoms with van der Waals surface area (Å²) in [4.78, 5) is 23.5. The van der Waals surface area contributed by atoms with Gasteiger partial charge in [0.05, 0.1) is 34.6 Å². The molecular formula is C23H20Cl2O6. The Morgan fingerprint density at radius 1 is 1.16 bits per heavy atom. The van der Waals surface area contributed by atoms with Crippen LogP contribution in [0.1, 0.15) is 18.4 Å². The Morgan fingerprint density at radius 3 is 2.68 bits per heavy atom. The molecule has 0 atom stereocenters. The Balaban J connectivity index is 1.54. The van der Waals surface area contributed by atoms with E-state index < -0.39 is 5.97 Å². The number of para-hydroxylation sites is 1. The fourth-order valence-corrected chi connectivity index (χ4v) is 3.89. The molecule has 3 aromatic rings. The topological polar surface area (TPSA) is 86.0 Å². The maximum atomic E-state index is 12.6. The minimum absolute atomic E-state index is 0.0635. The molecule has 0 radical (unpaired) electrons. The Labute approximate surface area is 188 Å². The van der Waals surface area contributed by atoms with E-state index in [1.807, 2.05) is 6.92 Å². The number of halogens is 2. The van der Waals surface area contributed by atoms with Crippen LogP contribution in [0.5, 0.6) is 5.75 Å². The largest absolute Gasteiger partial charge is 0.490 e. The third-order valence-electron chi connectivity index (χ3n) is 5.37. The average molecular weight is 463 g/mol. The minimum atomic E-state index is -0.785. The van der Waals surface area contributed by atoms with Crippen LogP contribution in [0.3, 0.4) is 0 Å². The van der Waals surface area contributed by atoms with Crippen LogP contribution in [0.4, 0.5) is 0 Å². The van der Waals surface area contributed by atoms with E-state index in [9.17, 15) is 9.59 Å². The summed E-state index contributed by atoms with van der Waals surface area (Å²) in [5.41, 5.74) is 1.48. The lowest BCUT2D eigenvalue weighted by Crippen LogP contribution is -2.37. The van der Waals surface area contributed by atoms with Crippen molar-refractivity contribution in [1.82, 2.24) is 0 Å². The van der Waals surface area contributed by atoms with Crippen LogP contribution in [0.15, 0.2) is 45.6 Å². The number of aliphatic carboxylic acids is 1. The van der Waals surface area contributed by atoms with Gasteiger partial charge >= 0.3 is 5.97 Å². The molecule has 1 saturated carbocycles. The van der Waals surface area contributed by atoms with Crippen molar-refractivity contribution in [2.45, 2.75) is 25.9 Å². The van der Waals surface area contributed by atoms with Crippen LogP contribution in [0.25, 0.3) is 22.3 Å². The highest BCUT2D eigenvalue weighted by Crippen LogP contribution is 2.36. The smallest absolute Gasteiger partial charge is 0.306 e. The third kappa shape index (κ3) is 4.56. The molecule has 0 amide bonds. The molecule has 1 aliphatic rings. The number of hydrogen-bond donors (Lipinski definition) is 1. The number of carboxylic acid groups (broad SMARTS) is 1. The minimum Gasteiger partial charge on any atom is -0.490 e. The number of carbonyl (C=O) groups is 1. The van der Waals surface area contributed by atoms with Gasteiger partial charge in [0.2, 0.25) is 0 Å². The van der Waals surface area contributed by atoms with Crippen molar-refractivity contribution in [3.63, 3.8) is 0 Å². The van der Waals surface area contributed by atoms with Crippen LogP contribution < -0.4 is 10.2 Å². The lowest BCUT2D eigenvalue weighted by Gasteiger charge is -2.32. The van der Waals surface area contributed by atoms with Crippen molar-refractivity contribution in [2.24, 2.45) is 5.92 Å². The Bertz CT molecular complexity index is 1200. The van der Waals surface area contributed by atoms with E-state index >= 15 is 0 Å². The van der Waals surface area contributed by atoms with Crippen molar-refractivity contribution in [3.05, 3.63) is 62.2 Å². The number of ether oxygens (including phenoxy) is 2. The molecule has 1 heterocycles. The Hall–Kier alpha value is -2.54. The number of carboxylic acids is 1. The first-order valence-electron chi connectivity index (χ1n) is 9.83. The van der Waals surface area contributed by atoms with Gasteiger partial charge < -0.3 is 19.0 Å². The van der Waals surface area contributed by atoms with E-state index in [0.717, 1.165) is 5.56 Å². The quantitative estimate of drug-likeness (QED) is 0.477. The number of fused-ring (bicyclic) bond motifs is 1. The molecule has 1 fully saturated rings. The van der Waals surface area contributed by atoms with Gasteiger partial charge in [0.15, 0.2) is 11.0 Å². The maximum Gasteiger partial charge on any atom is 0.306 e. The predicted octanol–water partition coefficient (Wildman–Crippen LogP) is 5.33. The van der Waals surface area contributed by atoms with Crippen molar-refractivity contribution in [2.75, 3.05) is 13.2 Å². The molecule has 6 nitrogen and oxygen atoms in total. The number of benzene rings is 2. The summed E-state index contributed by atoms with van der Waals surface area (Å²) in [7, 11) is 0. The molecule has 8 heteroatoms. The van der Waals surface area contributed by atoms with Crippen LogP contribution in [-0.4, -0.2) is 30.4 Å². The van der Waals surface area contributed by atoms with E-state index in [4.69, 9.17) is 42.2 Å². The molecule has 1 N–H and O–H groups in total. The fraction of sp³-hybridized carbons (Fsp3) is 0.304. The average Bonchev–Trinajstić information content (AvgIpc) is 2.69. The highest BCUT2D eigenvalue weighted by Gasteiger charge is 2.35. The zero-order chi connectivity index (χ0) is 22.1. The van der Waals surface area contributed by atoms with Crippen molar-refractivity contribution in [3.8, 4) is 17.1 Å². The van der Waals surface area contributed by atoms with Crippen molar-refractivity contribution >= 4 is 40.1 Å². The summed E-state index contributed by atoms with van der Waals surface area (Å²) in [6.45, 7) is 2.38. The summed E-state index contributed by atoms with van der Waals surface area (Å²) < 4.78 is 17.5. The van der Waals surface area contributed by atoms with Gasteiger partial charge in [-0.25, -0.2) is 0 Å². The Morgan fingerprint density at radius 2 is 1.94 bits per heavy atom. The number of aryl methyl sites for hydroxylation is 1. The van der Waals surface area contributed by atoms with Gasteiger partial charge in [0.1, 0.15) is 18.1 Å². The second kappa shape index (κ2) is 8.91. The van der Waals surface area contributed by atoms with E-state index in [1.54, 1.807) is 30.3 Å². The summed E-state index contributed by atoms with van der Waals surface area (Å²) in [6, 6.07) is 9.89. The molecular weight excluding hydrogens is 443 g/mol. The fourth-order valence-electron chi connectivity index (χ4n) is 3.52. The molecule has 2 aromatic carbocycles. The first-order chi connectivity index (χ1) is 14.8. The van der Waals surface area contributed by atoms with Gasteiger partial charge in [-0.05, 0) is 49.6 Å². The molecule has 1 aliphatic carbocycles. The van der Waals surface area contributed by atoms with Gasteiger partial charge in [-0.1, -0.05) is 29.3 Å². The van der Waals surface area contributed by atoms with Gasteiger partial charge in [-0.15, -0.1) is 0 Å². The molecule has 0 aliphatic heterocycles. The number of hydrogen-bond acceptors (Lipinski definition) is 5. The summed E-state index contributed by atoms with van der Waals surface area (Å²) in [6.07, 6.45) is 0.964. The Kier molecular flexibility index (Phi) is 6.23. The van der Waals surface area contributed by atoms with Gasteiger partial charge in [-0.3, -0.25) is 9.59 Å². The lowest BCUT2D eigenvalue weighted by atomic mass is 9.82. The van der Waals surface area contributed by atoms with E-state index in [2.05, 4.69) is 0 Å². The van der Waals surface area contributed by atoms with E-state index in [0.29, 0.717) is 57.5 Å². The molecule has 0 spiro atoms. The molecule has 0 unspecified atom stereocenters. The molecule has 162 valence electrons. The molecule has 0 bridgehead atoms. The van der Waals surface area contributed by atoms with E-state index in [1.165, 1.54) is 6.07 Å². The number of rotatable bonds is 7. The zero-order valence-electron chi connectivity index (χ0n) is 16.7. The predicted molar refractivity (Wildman–Crippen MR) is 118 cm³/mol. The van der Waals surface area contributed by atoms with Gasteiger partial charge in [0.25, 0.3) is 0 Å². The first-order valence-corrected chi connectivity index (χ1v) is 10.6. The summed E-state index contributed by atoms with van der Waals surface area (Å²) in [5, 5.41) is 10.2. The summed E-state index contributed by atoms with van der Waals surface area (Å²) >= 11 is 12.5. The highest BCUT2D eigenvalue weighted by molar-refractivity contribution is 6.34. The molecule has 4 rings (SSSR count). The summed E-state index contributed by atoms with van der Waals surface area (Å²) in [5.74, 6) is -0.335. The van der Waals surface area contributed by atoms with Crippen molar-refractivity contribution < 1.29 is 23.8 Å². The SMILES string of the molecule is Cc1cc(-c2cc(=O)c3cccc(Cl)c3o2)c(OCCO[C@H]2C[C@@H](C(=O)O)C2)cc1Cl. The van der Waals surface area contributed by atoms with Crippen LogP contribution in [-0.2, 0) is 9.53 Å². The second-order valence-electron chi connectivity index (χ2n) is 7.54. The van der Waals surface area contributed by atoms with Gasteiger partial charge in [0, 0.05) is 11.1 Å². The molecule has 31 heavy (non-hydrogen) atoms. The molecule has 0 saturated heterocycles. The standard InChI is InChI=1S/C23H20Cl2O6/c1-12-7-16(21-11-19(26)15-3-2-4-17(24)22(15)31-21)20(10-18(12)25)30-6-5-29-14-8-13(9-14)23(27)28/h2-4,7,10-11,13-14H,5-6,8-9H2,1H3,(H,27,28)/t13-,14+. The van der Waals surface area contributed by atoms with Crippen molar-refractivity contribution in [1.29, 1.82) is 0 Å². The van der Waals surface area contributed by atoms with Crippen LogP contribution in [0.2, 0.25) is 10.0 Å². The monoisotopic (exact) mass is 462 g/mol. The first kappa shape index (κ1) is 21.7. The highest BCUT2D eigenvalue weighted by atomic mass is 35.5. The molecule has 1 aromatic heterocycles.